The fraction of sp³-hybridized carbons (Fsp3) is 0.917. The topological polar surface area (TPSA) is 32.3 Å². The van der Waals surface area contributed by atoms with Gasteiger partial charge in [0.05, 0.1) is 0 Å². The maximum Gasteiger partial charge on any atom is 0.222 e. The second-order valence-corrected chi connectivity index (χ2v) is 4.94. The first-order valence-electron chi connectivity index (χ1n) is 6.28. The highest BCUT2D eigenvalue weighted by atomic mass is 35.5. The molecule has 1 N–H and O–H groups in total. The smallest absolute Gasteiger partial charge is 0.222 e. The van der Waals surface area contributed by atoms with Gasteiger partial charge in [-0.3, -0.25) is 4.79 Å². The minimum atomic E-state index is 0. The molecule has 4 heteroatoms. The van der Waals surface area contributed by atoms with Crippen molar-refractivity contribution in [2.75, 3.05) is 26.2 Å². The molecule has 2 rings (SSSR count). The Hall–Kier alpha value is -0.280. The third kappa shape index (κ3) is 3.95. The molecule has 1 saturated heterocycles. The van der Waals surface area contributed by atoms with E-state index in [1.54, 1.807) is 0 Å². The van der Waals surface area contributed by atoms with Gasteiger partial charge in [-0.15, -0.1) is 12.4 Å². The van der Waals surface area contributed by atoms with Gasteiger partial charge in [0.25, 0.3) is 0 Å². The first-order valence-corrected chi connectivity index (χ1v) is 6.28. The highest BCUT2D eigenvalue weighted by Gasteiger charge is 2.27. The van der Waals surface area contributed by atoms with Crippen molar-refractivity contribution in [1.29, 1.82) is 0 Å². The number of rotatable bonds is 5. The van der Waals surface area contributed by atoms with Crippen molar-refractivity contribution in [1.82, 2.24) is 10.2 Å². The van der Waals surface area contributed by atoms with Crippen LogP contribution in [0.2, 0.25) is 0 Å². The summed E-state index contributed by atoms with van der Waals surface area (Å²) < 4.78 is 0. The molecule has 0 radical (unpaired) electrons. The molecule has 16 heavy (non-hydrogen) atoms. The van der Waals surface area contributed by atoms with Crippen molar-refractivity contribution in [2.45, 2.75) is 32.6 Å². The van der Waals surface area contributed by atoms with E-state index in [9.17, 15) is 4.79 Å². The molecule has 2 fully saturated rings. The van der Waals surface area contributed by atoms with Crippen LogP contribution < -0.4 is 5.32 Å². The van der Waals surface area contributed by atoms with Crippen molar-refractivity contribution >= 4 is 18.3 Å². The minimum absolute atomic E-state index is 0. The molecule has 0 spiro atoms. The highest BCUT2D eigenvalue weighted by Crippen LogP contribution is 2.30. The summed E-state index contributed by atoms with van der Waals surface area (Å²) >= 11 is 0. The molecule has 3 nitrogen and oxygen atoms in total. The lowest BCUT2D eigenvalue weighted by molar-refractivity contribution is -0.132. The summed E-state index contributed by atoms with van der Waals surface area (Å²) in [6.07, 6.45) is 4.59. The Bertz CT molecular complexity index is 225. The lowest BCUT2D eigenvalue weighted by Gasteiger charge is -2.22. The van der Waals surface area contributed by atoms with E-state index in [1.807, 2.05) is 0 Å². The Labute approximate surface area is 104 Å². The minimum Gasteiger partial charge on any atom is -0.343 e. The summed E-state index contributed by atoms with van der Waals surface area (Å²) in [6, 6.07) is 0. The lowest BCUT2D eigenvalue weighted by atomic mass is 10.0. The number of amides is 1. The van der Waals surface area contributed by atoms with E-state index in [0.29, 0.717) is 11.8 Å². The van der Waals surface area contributed by atoms with Crippen molar-refractivity contribution in [2.24, 2.45) is 11.8 Å². The summed E-state index contributed by atoms with van der Waals surface area (Å²) in [7, 11) is 0. The quantitative estimate of drug-likeness (QED) is 0.801. The predicted molar refractivity (Wildman–Crippen MR) is 67.8 cm³/mol. The SMILES string of the molecule is CCN(CC1CC1)C(=O)CC1CCNC1.Cl. The van der Waals surface area contributed by atoms with Gasteiger partial charge in [-0.05, 0) is 51.1 Å². The number of halogens is 1. The van der Waals surface area contributed by atoms with E-state index in [0.717, 1.165) is 38.5 Å². The van der Waals surface area contributed by atoms with E-state index in [-0.39, 0.29) is 12.4 Å². The van der Waals surface area contributed by atoms with Gasteiger partial charge in [0.2, 0.25) is 5.91 Å². The third-order valence-electron chi connectivity index (χ3n) is 3.54. The van der Waals surface area contributed by atoms with Gasteiger partial charge in [-0.25, -0.2) is 0 Å². The molecule has 1 amide bonds. The van der Waals surface area contributed by atoms with Crippen LogP contribution in [0.5, 0.6) is 0 Å². The van der Waals surface area contributed by atoms with Crippen LogP contribution in [0, 0.1) is 11.8 Å². The summed E-state index contributed by atoms with van der Waals surface area (Å²) in [5.74, 6) is 1.78. The molecule has 1 aliphatic carbocycles. The van der Waals surface area contributed by atoms with E-state index in [1.165, 1.54) is 19.3 Å². The maximum atomic E-state index is 12.0. The van der Waals surface area contributed by atoms with E-state index >= 15 is 0 Å². The monoisotopic (exact) mass is 246 g/mol. The van der Waals surface area contributed by atoms with Crippen molar-refractivity contribution in [3.8, 4) is 0 Å². The molecular formula is C12H23ClN2O. The molecule has 1 unspecified atom stereocenters. The number of hydrogen-bond acceptors (Lipinski definition) is 2. The standard InChI is InChI=1S/C12H22N2O.ClH/c1-2-14(9-10-3-4-10)12(15)7-11-5-6-13-8-11;/h10-11,13H,2-9H2,1H3;1H. The fourth-order valence-corrected chi connectivity index (χ4v) is 2.28. The Morgan fingerprint density at radius 1 is 1.31 bits per heavy atom. The summed E-state index contributed by atoms with van der Waals surface area (Å²) in [4.78, 5) is 14.0. The predicted octanol–water partition coefficient (Wildman–Crippen LogP) is 1.67. The van der Waals surface area contributed by atoms with Crippen molar-refractivity contribution in [3.63, 3.8) is 0 Å². The van der Waals surface area contributed by atoms with Crippen LogP contribution in [0.4, 0.5) is 0 Å². The summed E-state index contributed by atoms with van der Waals surface area (Å²) in [5, 5.41) is 3.32. The van der Waals surface area contributed by atoms with Crippen LogP contribution in [-0.4, -0.2) is 37.0 Å². The number of nitrogens with one attached hydrogen (secondary N) is 1. The number of carbonyl (C=O) groups excluding carboxylic acids is 1. The van der Waals surface area contributed by atoms with Crippen LogP contribution in [0.25, 0.3) is 0 Å². The van der Waals surface area contributed by atoms with Crippen molar-refractivity contribution in [3.05, 3.63) is 0 Å². The van der Waals surface area contributed by atoms with Gasteiger partial charge in [-0.2, -0.15) is 0 Å². The molecule has 1 atom stereocenters. The lowest BCUT2D eigenvalue weighted by Crippen LogP contribution is -2.34. The van der Waals surface area contributed by atoms with Crippen molar-refractivity contribution < 1.29 is 4.79 Å². The number of hydrogen-bond donors (Lipinski definition) is 1. The molecule has 94 valence electrons. The van der Waals surface area contributed by atoms with E-state index in [2.05, 4.69) is 17.1 Å². The van der Waals surface area contributed by atoms with E-state index in [4.69, 9.17) is 0 Å². The number of carbonyl (C=O) groups is 1. The van der Waals surface area contributed by atoms with Crippen LogP contribution in [0.1, 0.15) is 32.6 Å². The maximum absolute atomic E-state index is 12.0. The largest absolute Gasteiger partial charge is 0.343 e. The highest BCUT2D eigenvalue weighted by molar-refractivity contribution is 5.85. The Morgan fingerprint density at radius 2 is 2.06 bits per heavy atom. The average Bonchev–Trinajstić information content (AvgIpc) is 2.91. The van der Waals surface area contributed by atoms with Crippen LogP contribution in [-0.2, 0) is 4.79 Å². The summed E-state index contributed by atoms with van der Waals surface area (Å²) in [6.45, 7) is 6.11. The second kappa shape index (κ2) is 6.45. The molecule has 0 aromatic carbocycles. The average molecular weight is 247 g/mol. The van der Waals surface area contributed by atoms with Gasteiger partial charge in [0.15, 0.2) is 0 Å². The molecule has 2 aliphatic rings. The van der Waals surface area contributed by atoms with Gasteiger partial charge in [0.1, 0.15) is 0 Å². The van der Waals surface area contributed by atoms with Crippen LogP contribution in [0.15, 0.2) is 0 Å². The Balaban J connectivity index is 0.00000128. The van der Waals surface area contributed by atoms with Gasteiger partial charge >= 0.3 is 0 Å². The zero-order valence-electron chi connectivity index (χ0n) is 10.1. The van der Waals surface area contributed by atoms with Crippen LogP contribution >= 0.6 is 12.4 Å². The molecule has 0 aromatic heterocycles. The van der Waals surface area contributed by atoms with E-state index < -0.39 is 0 Å². The molecule has 0 bridgehead atoms. The fourth-order valence-electron chi connectivity index (χ4n) is 2.28. The van der Waals surface area contributed by atoms with Gasteiger partial charge in [-0.1, -0.05) is 0 Å². The first kappa shape index (κ1) is 13.8. The normalized spacial score (nSPS) is 23.9. The molecule has 1 aliphatic heterocycles. The molecular weight excluding hydrogens is 224 g/mol. The Kier molecular flexibility index (Phi) is 5.56. The molecule has 1 saturated carbocycles. The van der Waals surface area contributed by atoms with Crippen LogP contribution in [0.3, 0.4) is 0 Å². The molecule has 0 aromatic rings. The molecule has 1 heterocycles. The zero-order valence-corrected chi connectivity index (χ0v) is 10.9. The van der Waals surface area contributed by atoms with Gasteiger partial charge < -0.3 is 10.2 Å². The Morgan fingerprint density at radius 3 is 2.56 bits per heavy atom. The zero-order chi connectivity index (χ0) is 10.7. The second-order valence-electron chi connectivity index (χ2n) is 4.94. The summed E-state index contributed by atoms with van der Waals surface area (Å²) in [5.41, 5.74) is 0. The third-order valence-corrected chi connectivity index (χ3v) is 3.54. The number of nitrogens with zero attached hydrogens (tertiary/aromatic N) is 1. The first-order chi connectivity index (χ1) is 7.29. The van der Waals surface area contributed by atoms with Gasteiger partial charge in [0, 0.05) is 19.5 Å².